The maximum absolute atomic E-state index is 12.4. The minimum atomic E-state index is -0.565. The molecule has 4 nitrogen and oxygen atoms in total. The number of rotatable bonds is 4. The second-order valence-corrected chi connectivity index (χ2v) is 5.97. The van der Waals surface area contributed by atoms with Gasteiger partial charge in [0.05, 0.1) is 5.54 Å². The molecule has 1 saturated carbocycles. The summed E-state index contributed by atoms with van der Waals surface area (Å²) in [7, 11) is 1.92. The standard InChI is InChI=1S/C14H27N3O/c1-3-17-10-6-7-12(17)11-16(2)13(18)14(15)8-4-5-9-14/h12H,3-11,15H2,1-2H3. The average molecular weight is 253 g/mol. The third-order valence-corrected chi connectivity index (χ3v) is 4.66. The summed E-state index contributed by atoms with van der Waals surface area (Å²) in [5.74, 6) is 0.156. The molecule has 18 heavy (non-hydrogen) atoms. The summed E-state index contributed by atoms with van der Waals surface area (Å²) in [5, 5.41) is 0. The zero-order valence-electron chi connectivity index (χ0n) is 11.8. The number of carbonyl (C=O) groups excluding carboxylic acids is 1. The quantitative estimate of drug-likeness (QED) is 0.819. The maximum Gasteiger partial charge on any atom is 0.242 e. The van der Waals surface area contributed by atoms with Crippen LogP contribution in [0.4, 0.5) is 0 Å². The van der Waals surface area contributed by atoms with Gasteiger partial charge in [-0.25, -0.2) is 0 Å². The van der Waals surface area contributed by atoms with Crippen LogP contribution in [0.2, 0.25) is 0 Å². The first-order valence-corrected chi connectivity index (χ1v) is 7.35. The van der Waals surface area contributed by atoms with Gasteiger partial charge >= 0.3 is 0 Å². The van der Waals surface area contributed by atoms with Gasteiger partial charge in [-0.3, -0.25) is 9.69 Å². The third kappa shape index (κ3) is 2.69. The van der Waals surface area contributed by atoms with E-state index in [0.717, 1.165) is 38.8 Å². The van der Waals surface area contributed by atoms with Crippen LogP contribution >= 0.6 is 0 Å². The first-order chi connectivity index (χ1) is 8.57. The van der Waals surface area contributed by atoms with Gasteiger partial charge in [-0.05, 0) is 38.8 Å². The molecule has 1 heterocycles. The summed E-state index contributed by atoms with van der Waals surface area (Å²) in [6.07, 6.45) is 6.38. The van der Waals surface area contributed by atoms with E-state index in [1.807, 2.05) is 11.9 Å². The van der Waals surface area contributed by atoms with E-state index in [1.165, 1.54) is 19.4 Å². The van der Waals surface area contributed by atoms with E-state index in [1.54, 1.807) is 0 Å². The van der Waals surface area contributed by atoms with Crippen molar-refractivity contribution >= 4 is 5.91 Å². The lowest BCUT2D eigenvalue weighted by Gasteiger charge is -2.32. The highest BCUT2D eigenvalue weighted by molar-refractivity contribution is 5.86. The monoisotopic (exact) mass is 253 g/mol. The Hall–Kier alpha value is -0.610. The van der Waals surface area contributed by atoms with E-state index in [4.69, 9.17) is 5.73 Å². The average Bonchev–Trinajstić information content (AvgIpc) is 2.97. The fraction of sp³-hybridized carbons (Fsp3) is 0.929. The zero-order chi connectivity index (χ0) is 13.2. The SMILES string of the molecule is CCN1CCCC1CN(C)C(=O)C1(N)CCCC1. The minimum Gasteiger partial charge on any atom is -0.343 e. The predicted octanol–water partition coefficient (Wildman–Crippen LogP) is 1.20. The molecule has 0 radical (unpaired) electrons. The predicted molar refractivity (Wildman–Crippen MR) is 73.3 cm³/mol. The van der Waals surface area contributed by atoms with Crippen molar-refractivity contribution < 1.29 is 4.79 Å². The molecule has 4 heteroatoms. The van der Waals surface area contributed by atoms with E-state index >= 15 is 0 Å². The lowest BCUT2D eigenvalue weighted by molar-refractivity contribution is -0.136. The van der Waals surface area contributed by atoms with E-state index < -0.39 is 5.54 Å². The van der Waals surface area contributed by atoms with Crippen molar-refractivity contribution in [2.45, 2.75) is 57.0 Å². The highest BCUT2D eigenvalue weighted by Gasteiger charge is 2.39. The van der Waals surface area contributed by atoms with Crippen molar-refractivity contribution in [3.63, 3.8) is 0 Å². The zero-order valence-corrected chi connectivity index (χ0v) is 11.8. The van der Waals surface area contributed by atoms with Crippen LogP contribution < -0.4 is 5.73 Å². The number of nitrogens with zero attached hydrogens (tertiary/aromatic N) is 2. The lowest BCUT2D eigenvalue weighted by Crippen LogP contribution is -2.54. The second-order valence-electron chi connectivity index (χ2n) is 5.97. The normalized spacial score (nSPS) is 27.6. The van der Waals surface area contributed by atoms with Crippen molar-refractivity contribution in [2.24, 2.45) is 5.73 Å². The van der Waals surface area contributed by atoms with Gasteiger partial charge in [0.15, 0.2) is 0 Å². The Morgan fingerprint density at radius 3 is 2.67 bits per heavy atom. The Balaban J connectivity index is 1.91. The molecule has 1 aliphatic carbocycles. The number of likely N-dealkylation sites (tertiary alicyclic amines) is 1. The van der Waals surface area contributed by atoms with E-state index in [0.29, 0.717) is 6.04 Å². The molecule has 2 rings (SSSR count). The number of hydrogen-bond acceptors (Lipinski definition) is 3. The molecule has 2 N–H and O–H groups in total. The Morgan fingerprint density at radius 2 is 2.06 bits per heavy atom. The molecular formula is C14H27N3O. The van der Waals surface area contributed by atoms with Gasteiger partial charge in [-0.15, -0.1) is 0 Å². The largest absolute Gasteiger partial charge is 0.343 e. The number of nitrogens with two attached hydrogens (primary N) is 1. The van der Waals surface area contributed by atoms with Crippen LogP contribution in [0.15, 0.2) is 0 Å². The fourth-order valence-corrected chi connectivity index (χ4v) is 3.52. The van der Waals surface area contributed by atoms with Crippen LogP contribution in [-0.2, 0) is 4.79 Å². The molecule has 0 aromatic rings. The minimum absolute atomic E-state index is 0.156. The summed E-state index contributed by atoms with van der Waals surface area (Å²) < 4.78 is 0. The molecule has 1 amide bonds. The van der Waals surface area contributed by atoms with Crippen molar-refractivity contribution in [2.75, 3.05) is 26.7 Å². The molecule has 1 unspecified atom stereocenters. The van der Waals surface area contributed by atoms with Crippen LogP contribution in [0.25, 0.3) is 0 Å². The van der Waals surface area contributed by atoms with Gasteiger partial charge in [-0.1, -0.05) is 19.8 Å². The number of carbonyl (C=O) groups is 1. The van der Waals surface area contributed by atoms with Crippen LogP contribution in [0.1, 0.15) is 45.4 Å². The van der Waals surface area contributed by atoms with Crippen molar-refractivity contribution in [3.05, 3.63) is 0 Å². The fourth-order valence-electron chi connectivity index (χ4n) is 3.52. The van der Waals surface area contributed by atoms with E-state index in [2.05, 4.69) is 11.8 Å². The molecule has 0 aromatic carbocycles. The van der Waals surface area contributed by atoms with E-state index in [9.17, 15) is 4.79 Å². The number of amides is 1. The molecule has 1 atom stereocenters. The third-order valence-electron chi connectivity index (χ3n) is 4.66. The Bertz CT molecular complexity index is 299. The summed E-state index contributed by atoms with van der Waals surface area (Å²) in [4.78, 5) is 16.8. The van der Waals surface area contributed by atoms with Gasteiger partial charge in [0.2, 0.25) is 5.91 Å². The van der Waals surface area contributed by atoms with Gasteiger partial charge in [-0.2, -0.15) is 0 Å². The van der Waals surface area contributed by atoms with Crippen molar-refractivity contribution in [1.82, 2.24) is 9.80 Å². The van der Waals surface area contributed by atoms with Crippen molar-refractivity contribution in [3.8, 4) is 0 Å². The highest BCUT2D eigenvalue weighted by Crippen LogP contribution is 2.29. The first kappa shape index (κ1) is 13.8. The topological polar surface area (TPSA) is 49.6 Å². The summed E-state index contributed by atoms with van der Waals surface area (Å²) in [6, 6.07) is 0.536. The summed E-state index contributed by atoms with van der Waals surface area (Å²) >= 11 is 0. The highest BCUT2D eigenvalue weighted by atomic mass is 16.2. The molecule has 0 spiro atoms. The smallest absolute Gasteiger partial charge is 0.242 e. The lowest BCUT2D eigenvalue weighted by atomic mass is 9.97. The van der Waals surface area contributed by atoms with Crippen LogP contribution in [0, 0.1) is 0 Å². The van der Waals surface area contributed by atoms with Gasteiger partial charge in [0.25, 0.3) is 0 Å². The maximum atomic E-state index is 12.4. The van der Waals surface area contributed by atoms with Gasteiger partial charge in [0.1, 0.15) is 0 Å². The van der Waals surface area contributed by atoms with Crippen LogP contribution in [0.5, 0.6) is 0 Å². The second kappa shape index (κ2) is 5.57. The number of likely N-dealkylation sites (N-methyl/N-ethyl adjacent to an activating group) is 2. The van der Waals surface area contributed by atoms with Crippen molar-refractivity contribution in [1.29, 1.82) is 0 Å². The number of hydrogen-bond donors (Lipinski definition) is 1. The first-order valence-electron chi connectivity index (χ1n) is 7.35. The molecule has 1 aliphatic heterocycles. The van der Waals surface area contributed by atoms with Crippen LogP contribution in [-0.4, -0.2) is 54.0 Å². The summed E-state index contributed by atoms with van der Waals surface area (Å²) in [6.45, 7) is 5.30. The van der Waals surface area contributed by atoms with E-state index in [-0.39, 0.29) is 5.91 Å². The van der Waals surface area contributed by atoms with Gasteiger partial charge < -0.3 is 10.6 Å². The molecular weight excluding hydrogens is 226 g/mol. The Kier molecular flexibility index (Phi) is 4.28. The molecule has 2 aliphatic rings. The van der Waals surface area contributed by atoms with Gasteiger partial charge in [0, 0.05) is 19.6 Å². The molecule has 0 bridgehead atoms. The molecule has 0 aromatic heterocycles. The molecule has 104 valence electrons. The molecule has 1 saturated heterocycles. The molecule has 2 fully saturated rings. The Labute approximate surface area is 110 Å². The Morgan fingerprint density at radius 1 is 1.39 bits per heavy atom. The van der Waals surface area contributed by atoms with Crippen LogP contribution in [0.3, 0.4) is 0 Å². The summed E-state index contributed by atoms with van der Waals surface area (Å²) in [5.41, 5.74) is 5.68.